The van der Waals surface area contributed by atoms with E-state index in [4.69, 9.17) is 5.73 Å². The Kier molecular flexibility index (Phi) is 3.66. The molecule has 0 aliphatic rings. The number of rotatable bonds is 4. The van der Waals surface area contributed by atoms with Crippen molar-refractivity contribution in [1.82, 2.24) is 15.3 Å². The van der Waals surface area contributed by atoms with Crippen LogP contribution in [0, 0.1) is 0 Å². The Morgan fingerprint density at radius 3 is 2.86 bits per heavy atom. The van der Waals surface area contributed by atoms with Gasteiger partial charge in [-0.1, -0.05) is 0 Å². The van der Waals surface area contributed by atoms with Gasteiger partial charge < -0.3 is 16.4 Å². The van der Waals surface area contributed by atoms with Gasteiger partial charge in [0.15, 0.2) is 0 Å². The van der Waals surface area contributed by atoms with E-state index < -0.39 is 0 Å². The summed E-state index contributed by atoms with van der Waals surface area (Å²) in [6, 6.07) is 0. The van der Waals surface area contributed by atoms with Gasteiger partial charge in [-0.2, -0.15) is 0 Å². The van der Waals surface area contributed by atoms with Crippen molar-refractivity contribution in [3.8, 4) is 0 Å². The van der Waals surface area contributed by atoms with E-state index in [1.54, 1.807) is 7.05 Å². The Labute approximate surface area is 81.9 Å². The number of hydrogen-bond acceptors (Lipinski definition) is 5. The number of hydrogen-bond donors (Lipinski definition) is 3. The van der Waals surface area contributed by atoms with Crippen molar-refractivity contribution < 1.29 is 4.79 Å². The molecule has 1 aromatic rings. The average molecular weight is 195 g/mol. The van der Waals surface area contributed by atoms with E-state index in [0.29, 0.717) is 24.6 Å². The zero-order valence-corrected chi connectivity index (χ0v) is 7.95. The van der Waals surface area contributed by atoms with Crippen LogP contribution >= 0.6 is 0 Å². The van der Waals surface area contributed by atoms with Crippen LogP contribution in [0.15, 0.2) is 12.4 Å². The molecule has 0 spiro atoms. The van der Waals surface area contributed by atoms with Crippen LogP contribution in [0.25, 0.3) is 0 Å². The fourth-order valence-corrected chi connectivity index (χ4v) is 0.858. The molecule has 1 aromatic heterocycles. The Balaban J connectivity index is 2.31. The smallest absolute Gasteiger partial charge is 0.221 e. The summed E-state index contributed by atoms with van der Waals surface area (Å²) in [6.45, 7) is 0.526. The lowest BCUT2D eigenvalue weighted by Gasteiger charge is -2.03. The first kappa shape index (κ1) is 10.2. The summed E-state index contributed by atoms with van der Waals surface area (Å²) in [7, 11) is 1.60. The van der Waals surface area contributed by atoms with E-state index in [-0.39, 0.29) is 5.91 Å². The molecule has 1 heterocycles. The number of anilines is 2. The average Bonchev–Trinajstić information content (AvgIpc) is 2.21. The van der Waals surface area contributed by atoms with E-state index in [2.05, 4.69) is 20.6 Å². The van der Waals surface area contributed by atoms with Gasteiger partial charge in [0.2, 0.25) is 5.91 Å². The van der Waals surface area contributed by atoms with Gasteiger partial charge in [0, 0.05) is 20.0 Å². The first-order valence-corrected chi connectivity index (χ1v) is 4.24. The minimum absolute atomic E-state index is 0.0131. The molecule has 6 nitrogen and oxygen atoms in total. The lowest BCUT2D eigenvalue weighted by Crippen LogP contribution is -2.21. The summed E-state index contributed by atoms with van der Waals surface area (Å²) >= 11 is 0. The number of carbonyl (C=O) groups is 1. The number of aromatic nitrogens is 2. The van der Waals surface area contributed by atoms with Gasteiger partial charge in [0.25, 0.3) is 0 Å². The van der Waals surface area contributed by atoms with E-state index in [0.717, 1.165) is 0 Å². The van der Waals surface area contributed by atoms with Crippen LogP contribution in [0.1, 0.15) is 6.42 Å². The number of nitrogens with zero attached hydrogens (tertiary/aromatic N) is 2. The van der Waals surface area contributed by atoms with Crippen LogP contribution in [0.5, 0.6) is 0 Å². The number of amides is 1. The predicted molar refractivity (Wildman–Crippen MR) is 53.6 cm³/mol. The third kappa shape index (κ3) is 3.26. The molecule has 76 valence electrons. The maximum Gasteiger partial charge on any atom is 0.221 e. The second-order valence-corrected chi connectivity index (χ2v) is 2.68. The maximum atomic E-state index is 10.8. The predicted octanol–water partition coefficient (Wildman–Crippen LogP) is -0.393. The molecule has 0 atom stereocenters. The summed E-state index contributed by atoms with van der Waals surface area (Å²) < 4.78 is 0. The van der Waals surface area contributed by atoms with Gasteiger partial charge in [-0.25, -0.2) is 9.97 Å². The summed E-state index contributed by atoms with van der Waals surface area (Å²) in [5.41, 5.74) is 5.36. The molecular weight excluding hydrogens is 182 g/mol. The van der Waals surface area contributed by atoms with Gasteiger partial charge in [0.05, 0.1) is 12.4 Å². The van der Waals surface area contributed by atoms with Gasteiger partial charge in [-0.3, -0.25) is 4.79 Å². The van der Waals surface area contributed by atoms with Crippen LogP contribution in [-0.2, 0) is 4.79 Å². The molecule has 4 N–H and O–H groups in total. The molecule has 0 fully saturated rings. The van der Waals surface area contributed by atoms with Crippen molar-refractivity contribution in [2.75, 3.05) is 24.6 Å². The standard InChI is InChI=1S/C8H13N5O/c1-10-8(14)2-3-11-7-5-12-6(9)4-13-7/h4-5H,2-3H2,1H3,(H2,9,12)(H,10,14)(H,11,13). The monoisotopic (exact) mass is 195 g/mol. The molecule has 0 aromatic carbocycles. The molecule has 0 aliphatic heterocycles. The molecule has 1 rings (SSSR count). The number of nitrogens with two attached hydrogens (primary N) is 1. The highest BCUT2D eigenvalue weighted by atomic mass is 16.1. The second-order valence-electron chi connectivity index (χ2n) is 2.68. The van der Waals surface area contributed by atoms with Gasteiger partial charge in [0.1, 0.15) is 11.6 Å². The summed E-state index contributed by atoms with van der Waals surface area (Å²) in [6.07, 6.45) is 3.39. The van der Waals surface area contributed by atoms with Crippen LogP contribution < -0.4 is 16.4 Å². The minimum atomic E-state index is -0.0131. The van der Waals surface area contributed by atoms with Gasteiger partial charge in [-0.05, 0) is 0 Å². The van der Waals surface area contributed by atoms with Crippen molar-refractivity contribution in [3.63, 3.8) is 0 Å². The molecule has 0 saturated carbocycles. The summed E-state index contributed by atoms with van der Waals surface area (Å²) in [4.78, 5) is 18.7. The second kappa shape index (κ2) is 5.00. The third-order valence-corrected chi connectivity index (χ3v) is 1.61. The van der Waals surface area contributed by atoms with Crippen molar-refractivity contribution in [3.05, 3.63) is 12.4 Å². The zero-order chi connectivity index (χ0) is 10.4. The van der Waals surface area contributed by atoms with Gasteiger partial charge in [-0.15, -0.1) is 0 Å². The molecule has 0 aliphatic carbocycles. The molecule has 0 bridgehead atoms. The number of nitrogens with one attached hydrogen (secondary N) is 2. The highest BCUT2D eigenvalue weighted by Gasteiger charge is 1.98. The fraction of sp³-hybridized carbons (Fsp3) is 0.375. The lowest BCUT2D eigenvalue weighted by molar-refractivity contribution is -0.120. The third-order valence-electron chi connectivity index (χ3n) is 1.61. The SMILES string of the molecule is CNC(=O)CCNc1cnc(N)cn1. The van der Waals surface area contributed by atoms with E-state index >= 15 is 0 Å². The van der Waals surface area contributed by atoms with Crippen molar-refractivity contribution in [2.45, 2.75) is 6.42 Å². The molecule has 1 amide bonds. The number of carbonyl (C=O) groups excluding carboxylic acids is 1. The van der Waals surface area contributed by atoms with Crippen LogP contribution in [0.3, 0.4) is 0 Å². The molecule has 0 unspecified atom stereocenters. The normalized spacial score (nSPS) is 9.50. The fourth-order valence-electron chi connectivity index (χ4n) is 0.858. The van der Waals surface area contributed by atoms with E-state index in [1.807, 2.05) is 0 Å². The molecule has 14 heavy (non-hydrogen) atoms. The zero-order valence-electron chi connectivity index (χ0n) is 7.95. The maximum absolute atomic E-state index is 10.8. The molecule has 0 saturated heterocycles. The van der Waals surface area contributed by atoms with Crippen molar-refractivity contribution >= 4 is 17.5 Å². The highest BCUT2D eigenvalue weighted by Crippen LogP contribution is 2.00. The van der Waals surface area contributed by atoms with E-state index in [9.17, 15) is 4.79 Å². The Bertz CT molecular complexity index is 297. The van der Waals surface area contributed by atoms with Crippen LogP contribution in [0.2, 0.25) is 0 Å². The Morgan fingerprint density at radius 1 is 1.50 bits per heavy atom. The van der Waals surface area contributed by atoms with Gasteiger partial charge >= 0.3 is 0 Å². The summed E-state index contributed by atoms with van der Waals surface area (Å²) in [5.74, 6) is 0.978. The van der Waals surface area contributed by atoms with Crippen LogP contribution in [0.4, 0.5) is 11.6 Å². The van der Waals surface area contributed by atoms with Crippen LogP contribution in [-0.4, -0.2) is 29.5 Å². The Hall–Kier alpha value is -1.85. The number of nitrogen functional groups attached to an aromatic ring is 1. The molecule has 6 heteroatoms. The quantitative estimate of drug-likeness (QED) is 0.608. The summed E-state index contributed by atoms with van der Waals surface area (Å²) in [5, 5.41) is 5.47. The van der Waals surface area contributed by atoms with Crippen molar-refractivity contribution in [1.29, 1.82) is 0 Å². The largest absolute Gasteiger partial charge is 0.382 e. The molecular formula is C8H13N5O. The lowest BCUT2D eigenvalue weighted by atomic mass is 10.4. The highest BCUT2D eigenvalue weighted by molar-refractivity contribution is 5.75. The first-order valence-electron chi connectivity index (χ1n) is 4.24. The minimum Gasteiger partial charge on any atom is -0.382 e. The topological polar surface area (TPSA) is 92.9 Å². The van der Waals surface area contributed by atoms with E-state index in [1.165, 1.54) is 12.4 Å². The molecule has 0 radical (unpaired) electrons. The Morgan fingerprint density at radius 2 is 2.29 bits per heavy atom. The first-order chi connectivity index (χ1) is 6.72. The van der Waals surface area contributed by atoms with Crippen molar-refractivity contribution in [2.24, 2.45) is 0 Å².